The molecule has 0 aliphatic rings. The van der Waals surface area contributed by atoms with Crippen molar-refractivity contribution in [2.24, 2.45) is 0 Å². The Balaban J connectivity index is 2.09. The molecule has 2 aromatic heterocycles. The summed E-state index contributed by atoms with van der Waals surface area (Å²) in [7, 11) is 1.93. The second-order valence-corrected chi connectivity index (χ2v) is 5.37. The first-order valence-electron chi connectivity index (χ1n) is 6.23. The van der Waals surface area contributed by atoms with Crippen molar-refractivity contribution in [1.29, 1.82) is 0 Å². The van der Waals surface area contributed by atoms with Gasteiger partial charge in [-0.05, 0) is 31.7 Å². The zero-order valence-electron chi connectivity index (χ0n) is 11.0. The normalized spacial score (nSPS) is 11.1. The third-order valence-electron chi connectivity index (χ3n) is 3.05. The first-order chi connectivity index (χ1) is 9.28. The van der Waals surface area contributed by atoms with Crippen LogP contribution in [0.4, 0.5) is 0 Å². The molecule has 0 atom stereocenters. The summed E-state index contributed by atoms with van der Waals surface area (Å²) in [4.78, 5) is 9.32. The van der Waals surface area contributed by atoms with Crippen LogP contribution in [-0.2, 0) is 6.54 Å². The van der Waals surface area contributed by atoms with Gasteiger partial charge in [-0.25, -0.2) is 9.97 Å². The molecule has 0 aliphatic heterocycles. The average molecular weight is 269 g/mol. The van der Waals surface area contributed by atoms with Gasteiger partial charge in [-0.1, -0.05) is 18.2 Å². The number of hydrogen-bond donors (Lipinski definition) is 1. The summed E-state index contributed by atoms with van der Waals surface area (Å²) >= 11 is 1.65. The first-order valence-corrected chi connectivity index (χ1v) is 7.11. The number of nitrogens with zero attached hydrogens (tertiary/aromatic N) is 2. The van der Waals surface area contributed by atoms with E-state index in [9.17, 15) is 0 Å². The number of rotatable bonds is 3. The molecule has 1 N–H and O–H groups in total. The van der Waals surface area contributed by atoms with Gasteiger partial charge in [0.25, 0.3) is 0 Å². The fourth-order valence-electron chi connectivity index (χ4n) is 2.15. The summed E-state index contributed by atoms with van der Waals surface area (Å²) in [5, 5.41) is 7.39. The van der Waals surface area contributed by atoms with Crippen LogP contribution in [-0.4, -0.2) is 17.0 Å². The summed E-state index contributed by atoms with van der Waals surface area (Å²) in [6, 6.07) is 10.3. The number of pyridine rings is 1. The number of aryl methyl sites for hydroxylation is 1. The van der Waals surface area contributed by atoms with E-state index in [1.165, 1.54) is 10.9 Å². The van der Waals surface area contributed by atoms with Crippen LogP contribution in [0.3, 0.4) is 0 Å². The Morgan fingerprint density at radius 3 is 2.89 bits per heavy atom. The Morgan fingerprint density at radius 1 is 1.21 bits per heavy atom. The molecule has 0 bridgehead atoms. The van der Waals surface area contributed by atoms with Gasteiger partial charge >= 0.3 is 0 Å². The number of para-hydroxylation sites is 1. The van der Waals surface area contributed by atoms with E-state index < -0.39 is 0 Å². The van der Waals surface area contributed by atoms with Crippen LogP contribution >= 0.6 is 11.3 Å². The van der Waals surface area contributed by atoms with Crippen molar-refractivity contribution in [2.75, 3.05) is 7.05 Å². The minimum absolute atomic E-state index is 0.795. The van der Waals surface area contributed by atoms with E-state index in [2.05, 4.69) is 34.7 Å². The second-order valence-electron chi connectivity index (χ2n) is 4.52. The maximum Gasteiger partial charge on any atom is 0.142 e. The Kier molecular flexibility index (Phi) is 3.27. The lowest BCUT2D eigenvalue weighted by molar-refractivity contribution is 0.798. The monoisotopic (exact) mass is 269 g/mol. The number of benzene rings is 1. The standard InChI is InChI=1S/C15H15N3S/c1-10-7-14(15-17-11(8-16-2)9-19-15)18-13-6-4-3-5-12(10)13/h3-7,9,16H,8H2,1-2H3. The molecule has 0 radical (unpaired) electrons. The van der Waals surface area contributed by atoms with Gasteiger partial charge in [-0.3, -0.25) is 0 Å². The number of aromatic nitrogens is 2. The van der Waals surface area contributed by atoms with Crippen LogP contribution in [0.5, 0.6) is 0 Å². The highest BCUT2D eigenvalue weighted by Crippen LogP contribution is 2.26. The summed E-state index contributed by atoms with van der Waals surface area (Å²) in [6.45, 7) is 2.92. The van der Waals surface area contributed by atoms with E-state index in [1.54, 1.807) is 11.3 Å². The van der Waals surface area contributed by atoms with E-state index in [0.717, 1.165) is 28.5 Å². The summed E-state index contributed by atoms with van der Waals surface area (Å²) in [6.07, 6.45) is 0. The van der Waals surface area contributed by atoms with Crippen molar-refractivity contribution >= 4 is 22.2 Å². The molecule has 96 valence electrons. The number of nitrogens with one attached hydrogen (secondary N) is 1. The van der Waals surface area contributed by atoms with Crippen LogP contribution in [0.2, 0.25) is 0 Å². The highest BCUT2D eigenvalue weighted by molar-refractivity contribution is 7.13. The van der Waals surface area contributed by atoms with Gasteiger partial charge in [0, 0.05) is 17.3 Å². The fraction of sp³-hybridized carbons (Fsp3) is 0.200. The maximum atomic E-state index is 4.71. The van der Waals surface area contributed by atoms with E-state index in [4.69, 9.17) is 4.98 Å². The molecule has 0 aliphatic carbocycles. The molecular weight excluding hydrogens is 254 g/mol. The van der Waals surface area contributed by atoms with Crippen molar-refractivity contribution in [3.8, 4) is 10.7 Å². The molecule has 3 nitrogen and oxygen atoms in total. The van der Waals surface area contributed by atoms with E-state index in [0.29, 0.717) is 0 Å². The van der Waals surface area contributed by atoms with Crippen molar-refractivity contribution in [3.05, 3.63) is 47.0 Å². The van der Waals surface area contributed by atoms with Crippen LogP contribution in [0, 0.1) is 6.92 Å². The van der Waals surface area contributed by atoms with E-state index >= 15 is 0 Å². The average Bonchev–Trinajstić information content (AvgIpc) is 2.88. The topological polar surface area (TPSA) is 37.8 Å². The Labute approximate surface area is 116 Å². The van der Waals surface area contributed by atoms with Crippen LogP contribution < -0.4 is 5.32 Å². The zero-order valence-corrected chi connectivity index (χ0v) is 11.8. The highest BCUT2D eigenvalue weighted by atomic mass is 32.1. The smallest absolute Gasteiger partial charge is 0.142 e. The second kappa shape index (κ2) is 5.07. The Hall–Kier alpha value is -1.78. The van der Waals surface area contributed by atoms with E-state index in [-0.39, 0.29) is 0 Å². The van der Waals surface area contributed by atoms with Crippen molar-refractivity contribution < 1.29 is 0 Å². The van der Waals surface area contributed by atoms with Gasteiger partial charge in [0.2, 0.25) is 0 Å². The lowest BCUT2D eigenvalue weighted by Crippen LogP contribution is -2.04. The quantitative estimate of drug-likeness (QED) is 0.792. The molecule has 4 heteroatoms. The predicted molar refractivity (Wildman–Crippen MR) is 80.4 cm³/mol. The van der Waals surface area contributed by atoms with Crippen LogP contribution in [0.1, 0.15) is 11.3 Å². The molecule has 1 aromatic carbocycles. The van der Waals surface area contributed by atoms with Crippen molar-refractivity contribution in [1.82, 2.24) is 15.3 Å². The predicted octanol–water partition coefficient (Wildman–Crippen LogP) is 3.39. The van der Waals surface area contributed by atoms with Crippen LogP contribution in [0.15, 0.2) is 35.7 Å². The van der Waals surface area contributed by atoms with Gasteiger partial charge in [-0.15, -0.1) is 11.3 Å². The highest BCUT2D eigenvalue weighted by Gasteiger charge is 2.08. The largest absolute Gasteiger partial charge is 0.314 e. The minimum Gasteiger partial charge on any atom is -0.314 e. The van der Waals surface area contributed by atoms with Gasteiger partial charge in [0.05, 0.1) is 16.9 Å². The van der Waals surface area contributed by atoms with Crippen molar-refractivity contribution in [2.45, 2.75) is 13.5 Å². The third kappa shape index (κ3) is 2.37. The van der Waals surface area contributed by atoms with Crippen LogP contribution in [0.25, 0.3) is 21.6 Å². The Morgan fingerprint density at radius 2 is 2.05 bits per heavy atom. The molecule has 0 unspecified atom stereocenters. The molecular formula is C15H15N3S. The Bertz CT molecular complexity index is 718. The molecule has 0 saturated heterocycles. The summed E-state index contributed by atoms with van der Waals surface area (Å²) < 4.78 is 0. The van der Waals surface area contributed by atoms with Crippen molar-refractivity contribution in [3.63, 3.8) is 0 Å². The molecule has 3 aromatic rings. The lowest BCUT2D eigenvalue weighted by Gasteiger charge is -2.04. The minimum atomic E-state index is 0.795. The third-order valence-corrected chi connectivity index (χ3v) is 3.97. The molecule has 0 amide bonds. The molecule has 0 spiro atoms. The zero-order chi connectivity index (χ0) is 13.2. The fourth-order valence-corrected chi connectivity index (χ4v) is 2.92. The number of fused-ring (bicyclic) bond motifs is 1. The summed E-state index contributed by atoms with van der Waals surface area (Å²) in [5.41, 5.74) is 4.30. The van der Waals surface area contributed by atoms with Gasteiger partial charge < -0.3 is 5.32 Å². The van der Waals surface area contributed by atoms with Gasteiger partial charge in [0.15, 0.2) is 0 Å². The van der Waals surface area contributed by atoms with Gasteiger partial charge in [-0.2, -0.15) is 0 Å². The summed E-state index contributed by atoms with van der Waals surface area (Å²) in [5.74, 6) is 0. The number of thiazole rings is 1. The maximum absolute atomic E-state index is 4.71. The van der Waals surface area contributed by atoms with E-state index in [1.807, 2.05) is 25.2 Å². The van der Waals surface area contributed by atoms with Gasteiger partial charge in [0.1, 0.15) is 5.01 Å². The molecule has 0 saturated carbocycles. The lowest BCUT2D eigenvalue weighted by atomic mass is 10.1. The molecule has 2 heterocycles. The molecule has 3 rings (SSSR count). The first kappa shape index (κ1) is 12.3. The SMILES string of the molecule is CNCc1csc(-c2cc(C)c3ccccc3n2)n1. The molecule has 0 fully saturated rings. The molecule has 19 heavy (non-hydrogen) atoms. The number of hydrogen-bond acceptors (Lipinski definition) is 4.